The van der Waals surface area contributed by atoms with E-state index in [0.29, 0.717) is 10.1 Å². The molecule has 0 radical (unpaired) electrons. The van der Waals surface area contributed by atoms with Crippen molar-refractivity contribution in [3.63, 3.8) is 0 Å². The normalized spacial score (nSPS) is 12.1. The molecular formula is C11H17N3O2Se. The van der Waals surface area contributed by atoms with Gasteiger partial charge in [-0.1, -0.05) is 0 Å². The zero-order valence-corrected chi connectivity index (χ0v) is 12.4. The second-order valence-corrected chi connectivity index (χ2v) is 7.12. The van der Waals surface area contributed by atoms with Gasteiger partial charge in [-0.2, -0.15) is 0 Å². The summed E-state index contributed by atoms with van der Waals surface area (Å²) in [5, 5.41) is 18.5. The van der Waals surface area contributed by atoms with Gasteiger partial charge in [-0.25, -0.2) is 0 Å². The summed E-state index contributed by atoms with van der Waals surface area (Å²) < 4.78 is 1.52. The third kappa shape index (κ3) is 3.68. The van der Waals surface area contributed by atoms with Crippen molar-refractivity contribution < 1.29 is 9.90 Å². The Morgan fingerprint density at radius 3 is 2.41 bits per heavy atom. The summed E-state index contributed by atoms with van der Waals surface area (Å²) in [6, 6.07) is 1.86. The summed E-state index contributed by atoms with van der Waals surface area (Å²) in [4.78, 5) is 11.1. The molecule has 1 aromatic heterocycles. The number of carboxylic acid groups (broad SMARTS) is 1. The number of nitrogens with zero attached hydrogens (tertiary/aromatic N) is 3. The van der Waals surface area contributed by atoms with Crippen LogP contribution in [0.25, 0.3) is 0 Å². The minimum atomic E-state index is -0.895. The molecule has 17 heavy (non-hydrogen) atoms. The monoisotopic (exact) mass is 303 g/mol. The van der Waals surface area contributed by atoms with Gasteiger partial charge in [0.2, 0.25) is 0 Å². The number of hydrogen-bond donors (Lipinski definition) is 1. The van der Waals surface area contributed by atoms with E-state index < -0.39 is 5.97 Å². The van der Waals surface area contributed by atoms with E-state index in [-0.39, 0.29) is 19.9 Å². The van der Waals surface area contributed by atoms with Gasteiger partial charge in [0.05, 0.1) is 0 Å². The van der Waals surface area contributed by atoms with Crippen molar-refractivity contribution in [1.29, 1.82) is 0 Å². The first-order valence-electron chi connectivity index (χ1n) is 5.18. The maximum absolute atomic E-state index is 11.1. The van der Waals surface area contributed by atoms with Gasteiger partial charge in [0, 0.05) is 0 Å². The topological polar surface area (TPSA) is 65.3 Å². The molecule has 5 nitrogen and oxygen atoms in total. The summed E-state index contributed by atoms with van der Waals surface area (Å²) in [6.07, 6.45) is 0. The quantitative estimate of drug-likeness (QED) is 0.529. The van der Waals surface area contributed by atoms with Crippen molar-refractivity contribution >= 4 is 26.2 Å². The van der Waals surface area contributed by atoms with Crippen molar-refractivity contribution in [1.82, 2.24) is 5.01 Å². The zero-order chi connectivity index (χ0) is 13.2. The molecule has 0 bridgehead atoms. The van der Waals surface area contributed by atoms with Crippen LogP contribution in [0.3, 0.4) is 0 Å². The van der Waals surface area contributed by atoms with E-state index in [4.69, 9.17) is 5.11 Å². The molecule has 0 aromatic carbocycles. The van der Waals surface area contributed by atoms with E-state index >= 15 is 0 Å². The fourth-order valence-electron chi connectivity index (χ4n) is 1.12. The molecule has 0 aliphatic rings. The van der Waals surface area contributed by atoms with Crippen LogP contribution in [0.2, 0.25) is 0 Å². The molecule has 1 heterocycles. The molecule has 94 valence electrons. The number of hydrogen-bond acceptors (Lipinski definition) is 3. The van der Waals surface area contributed by atoms with Gasteiger partial charge in [0.25, 0.3) is 0 Å². The molecule has 0 unspecified atom stereocenters. The molecular weight excluding hydrogens is 285 g/mol. The molecule has 1 N–H and O–H groups in total. The summed E-state index contributed by atoms with van der Waals surface area (Å²) >= 11 is -0.162. The number of rotatable bonds is 3. The number of aromatic carboxylic acids is 1. The van der Waals surface area contributed by atoms with Gasteiger partial charge >= 0.3 is 107 Å². The van der Waals surface area contributed by atoms with Crippen LogP contribution in [0.15, 0.2) is 16.4 Å². The molecule has 6 heteroatoms. The number of carboxylic acids is 1. The van der Waals surface area contributed by atoms with Gasteiger partial charge in [-0.3, -0.25) is 0 Å². The second-order valence-electron chi connectivity index (χ2n) is 4.92. The molecule has 1 aromatic rings. The fourth-order valence-corrected chi connectivity index (χ4v) is 3.19. The van der Waals surface area contributed by atoms with E-state index in [1.807, 2.05) is 6.07 Å². The molecule has 0 saturated carbocycles. The molecule has 1 rings (SSSR count). The Morgan fingerprint density at radius 2 is 2.00 bits per heavy atom. The summed E-state index contributed by atoms with van der Waals surface area (Å²) in [5.74, 6) is -0.895. The first-order chi connectivity index (χ1) is 7.71. The van der Waals surface area contributed by atoms with E-state index in [1.54, 1.807) is 19.1 Å². The molecule has 0 aliphatic heterocycles. The van der Waals surface area contributed by atoms with Crippen LogP contribution < -0.4 is 0 Å². The van der Waals surface area contributed by atoms with Crippen molar-refractivity contribution in [2.45, 2.75) is 26.2 Å². The summed E-state index contributed by atoms with van der Waals surface area (Å²) in [6.45, 7) is 6.23. The van der Waals surface area contributed by atoms with Crippen LogP contribution >= 0.6 is 0 Å². The Hall–Kier alpha value is -1.13. The van der Waals surface area contributed by atoms with Gasteiger partial charge < -0.3 is 0 Å². The van der Waals surface area contributed by atoms with Crippen LogP contribution in [0, 0.1) is 0 Å². The second kappa shape index (κ2) is 5.02. The minimum absolute atomic E-state index is 0.0178. The average molecular weight is 302 g/mol. The average Bonchev–Trinajstić information content (AvgIpc) is 2.57. The fraction of sp³-hybridized carbons (Fsp3) is 0.545. The van der Waals surface area contributed by atoms with Crippen molar-refractivity contribution in [2.75, 3.05) is 14.1 Å². The Balaban J connectivity index is 3.19. The first-order valence-corrected chi connectivity index (χ1v) is 6.89. The predicted molar refractivity (Wildman–Crippen MR) is 67.2 cm³/mol. The van der Waals surface area contributed by atoms with Crippen molar-refractivity contribution in [2.24, 2.45) is 10.3 Å². The molecule has 0 fully saturated rings. The Morgan fingerprint density at radius 1 is 1.41 bits per heavy atom. The third-order valence-electron chi connectivity index (χ3n) is 1.98. The first kappa shape index (κ1) is 13.9. The van der Waals surface area contributed by atoms with Crippen LogP contribution in [0.1, 0.15) is 34.4 Å². The van der Waals surface area contributed by atoms with Crippen LogP contribution in [0.5, 0.6) is 0 Å². The summed E-state index contributed by atoms with van der Waals surface area (Å²) in [5.41, 5.74) is 0.465. The van der Waals surface area contributed by atoms with Gasteiger partial charge in [0.1, 0.15) is 0 Å². The molecule has 0 spiro atoms. The van der Waals surface area contributed by atoms with Gasteiger partial charge in [-0.15, -0.1) is 0 Å². The van der Waals surface area contributed by atoms with Gasteiger partial charge in [-0.05, 0) is 0 Å². The van der Waals surface area contributed by atoms with Crippen LogP contribution in [-0.2, 0) is 5.41 Å². The van der Waals surface area contributed by atoms with E-state index in [1.165, 1.54) is 0 Å². The van der Waals surface area contributed by atoms with Gasteiger partial charge in [0.15, 0.2) is 0 Å². The Bertz CT molecular complexity index is 444. The van der Waals surface area contributed by atoms with E-state index in [2.05, 4.69) is 31.1 Å². The summed E-state index contributed by atoms with van der Waals surface area (Å²) in [7, 11) is 3.50. The van der Waals surface area contributed by atoms with E-state index in [9.17, 15) is 4.79 Å². The van der Waals surface area contributed by atoms with Crippen LogP contribution in [0.4, 0.5) is 5.69 Å². The molecule has 0 aliphatic carbocycles. The van der Waals surface area contributed by atoms with Crippen molar-refractivity contribution in [3.8, 4) is 0 Å². The van der Waals surface area contributed by atoms with E-state index in [0.717, 1.165) is 4.44 Å². The zero-order valence-electron chi connectivity index (χ0n) is 10.7. The maximum atomic E-state index is 11.1. The van der Waals surface area contributed by atoms with Crippen LogP contribution in [-0.4, -0.2) is 44.7 Å². The standard InChI is InChI=1S/C11H17N3O2Se/c1-11(2,3)8-6-7(12-13-14(4)5)9(17-8)10(15)16/h6H,1-5H3,(H,15,16)/b13-12+. The molecule has 0 atom stereocenters. The molecule has 0 amide bonds. The Kier molecular flexibility index (Phi) is 4.11. The predicted octanol–water partition coefficient (Wildman–Crippen LogP) is 2.30. The Labute approximate surface area is 107 Å². The number of carbonyl (C=O) groups is 1. The van der Waals surface area contributed by atoms with Crippen molar-refractivity contribution in [3.05, 3.63) is 14.9 Å². The SMILES string of the molecule is CN(C)/N=N/c1cc(C(C)(C)C)[se]c1C(=O)O. The third-order valence-corrected chi connectivity index (χ3v) is 5.20. The molecule has 0 saturated heterocycles.